The van der Waals surface area contributed by atoms with Crippen LogP contribution in [0.3, 0.4) is 0 Å². The van der Waals surface area contributed by atoms with E-state index >= 15 is 0 Å². The van der Waals surface area contributed by atoms with E-state index in [2.05, 4.69) is 0 Å². The summed E-state index contributed by atoms with van der Waals surface area (Å²) < 4.78 is 0. The number of carbonyl (C=O) groups excluding carboxylic acids is 1. The first kappa shape index (κ1) is 17.2. The van der Waals surface area contributed by atoms with Crippen LogP contribution >= 0.6 is 0 Å². The number of carboxylic acid groups (broad SMARTS) is 2. The van der Waals surface area contributed by atoms with Crippen LogP contribution in [-0.2, 0) is 22.5 Å². The van der Waals surface area contributed by atoms with Crippen molar-refractivity contribution in [1.82, 2.24) is 0 Å². The number of hydrogen-bond acceptors (Lipinski definition) is 3. The van der Waals surface area contributed by atoms with Crippen molar-refractivity contribution >= 4 is 6.16 Å². The summed E-state index contributed by atoms with van der Waals surface area (Å²) in [6.45, 7) is 0. The molecule has 0 aromatic carbocycles. The normalized spacial score (nSPS) is 4.00. The molecule has 0 saturated heterocycles. The van der Waals surface area contributed by atoms with Gasteiger partial charge < -0.3 is 20.5 Å². The molecule has 0 saturated carbocycles. The Morgan fingerprint density at radius 1 is 1.33 bits per heavy atom. The van der Waals surface area contributed by atoms with Crippen LogP contribution in [0.1, 0.15) is 0 Å². The van der Waals surface area contributed by atoms with Crippen molar-refractivity contribution in [3.8, 4) is 0 Å². The topological polar surface area (TPSA) is 91.7 Å². The predicted molar refractivity (Wildman–Crippen MR) is 6.08 cm³/mol. The molecule has 0 amide bonds. The summed E-state index contributed by atoms with van der Waals surface area (Å²) in [5, 5.41) is 16.7. The van der Waals surface area contributed by atoms with E-state index in [-0.39, 0.29) is 22.5 Å². The molecule has 5 heteroatoms. The fourth-order valence-corrected chi connectivity index (χ4v) is 0. The monoisotopic (exact) mass is 131 g/mol. The second-order valence-corrected chi connectivity index (χ2v) is 0.250. The third kappa shape index (κ3) is 452. The van der Waals surface area contributed by atoms with Crippen LogP contribution in [0.4, 0.5) is 4.79 Å². The number of carbonyl (C=O) groups is 1. The van der Waals surface area contributed by atoms with Crippen molar-refractivity contribution in [2.45, 2.75) is 0 Å². The van der Waals surface area contributed by atoms with Crippen molar-refractivity contribution in [1.29, 1.82) is 0 Å². The Bertz CT molecular complexity index is 30.5. The van der Waals surface area contributed by atoms with Gasteiger partial charge in [-0.2, -0.15) is 0 Å². The van der Waals surface area contributed by atoms with Gasteiger partial charge in [0.15, 0.2) is 0 Å². The SMILES string of the molecule is O=C([O-])[O-].[Mn].[O-2]. The molecule has 0 atom stereocenters. The van der Waals surface area contributed by atoms with E-state index in [9.17, 15) is 0 Å². The first-order valence-corrected chi connectivity index (χ1v) is 0.612. The van der Waals surface area contributed by atoms with Gasteiger partial charge in [0.2, 0.25) is 0 Å². The van der Waals surface area contributed by atoms with E-state index in [0.29, 0.717) is 0 Å². The van der Waals surface area contributed by atoms with Crippen LogP contribution in [-0.4, -0.2) is 6.16 Å². The molecule has 0 aliphatic heterocycles. The smallest absolute Gasteiger partial charge is 0 e. The Kier molecular flexibility index (Phi) is 25.3. The van der Waals surface area contributed by atoms with E-state index < -0.39 is 6.16 Å². The van der Waals surface area contributed by atoms with Crippen molar-refractivity contribution in [2.75, 3.05) is 0 Å². The van der Waals surface area contributed by atoms with Gasteiger partial charge in [-0.1, -0.05) is 0 Å². The third-order valence-corrected chi connectivity index (χ3v) is 0. The first-order chi connectivity index (χ1) is 1.73. The maximum atomic E-state index is 8.33. The minimum atomic E-state index is -2.33. The maximum Gasteiger partial charge on any atom is 0 e. The molecule has 0 aliphatic rings. The van der Waals surface area contributed by atoms with E-state index in [1.54, 1.807) is 0 Å². The van der Waals surface area contributed by atoms with Crippen LogP contribution in [0.15, 0.2) is 0 Å². The average Bonchev–Trinajstić information content (AvgIpc) is 0.811. The summed E-state index contributed by atoms with van der Waals surface area (Å²) in [6, 6.07) is 0. The fraction of sp³-hybridized carbons (Fsp3) is 0. The Morgan fingerprint density at radius 2 is 1.33 bits per heavy atom. The molecule has 0 rings (SSSR count). The molecule has 0 aromatic rings. The predicted octanol–water partition coefficient (Wildman–Crippen LogP) is -2.57. The minimum Gasteiger partial charge on any atom is -2.00 e. The maximum absolute atomic E-state index is 8.33. The van der Waals surface area contributed by atoms with Gasteiger partial charge in [-0.15, -0.1) is 0 Å². The molecule has 1 radical (unpaired) electrons. The molecule has 0 aliphatic carbocycles. The Hall–Kier alpha value is -0.251. The molecular weight excluding hydrogens is 131 g/mol. The first-order valence-electron chi connectivity index (χ1n) is 0.612. The van der Waals surface area contributed by atoms with Crippen molar-refractivity contribution < 1.29 is 37.6 Å². The van der Waals surface area contributed by atoms with Gasteiger partial charge in [-0.3, -0.25) is 0 Å². The van der Waals surface area contributed by atoms with Gasteiger partial charge in [-0.25, -0.2) is 0 Å². The van der Waals surface area contributed by atoms with Crippen LogP contribution in [0.25, 0.3) is 0 Å². The molecule has 0 spiro atoms. The molecule has 4 nitrogen and oxygen atoms in total. The molecule has 0 aromatic heterocycles. The van der Waals surface area contributed by atoms with Crippen molar-refractivity contribution in [2.24, 2.45) is 0 Å². The van der Waals surface area contributed by atoms with Gasteiger partial charge in [0.05, 0.1) is 0 Å². The minimum absolute atomic E-state index is 0. The second kappa shape index (κ2) is 8.83. The molecule has 0 fully saturated rings. The zero-order valence-electron chi connectivity index (χ0n) is 2.51. The molecule has 0 N–H and O–H groups in total. The summed E-state index contributed by atoms with van der Waals surface area (Å²) in [5.41, 5.74) is 0. The van der Waals surface area contributed by atoms with E-state index in [0.717, 1.165) is 0 Å². The van der Waals surface area contributed by atoms with E-state index in [1.165, 1.54) is 0 Å². The summed E-state index contributed by atoms with van der Waals surface area (Å²) in [4.78, 5) is 8.33. The number of rotatable bonds is 0. The summed E-state index contributed by atoms with van der Waals surface area (Å²) in [6.07, 6.45) is -2.33. The van der Waals surface area contributed by atoms with E-state index in [1.807, 2.05) is 0 Å². The standard InChI is InChI=1S/CH2O3.Mn.O/c2-1(3)4;;/h(H2,2,3,4);;/q;;-2/p-2. The van der Waals surface area contributed by atoms with Gasteiger partial charge >= 0.3 is 0 Å². The van der Waals surface area contributed by atoms with Gasteiger partial charge in [0.1, 0.15) is 0 Å². The van der Waals surface area contributed by atoms with Gasteiger partial charge in [0, 0.05) is 17.1 Å². The van der Waals surface area contributed by atoms with Crippen LogP contribution in [0, 0.1) is 0 Å². The third-order valence-electron chi connectivity index (χ3n) is 0. The van der Waals surface area contributed by atoms with Gasteiger partial charge in [-0.05, 0) is 6.16 Å². The second-order valence-electron chi connectivity index (χ2n) is 0.250. The molecule has 0 bridgehead atoms. The number of hydrogen-bond donors (Lipinski definition) is 0. The van der Waals surface area contributed by atoms with Gasteiger partial charge in [0.25, 0.3) is 0 Å². The zero-order valence-corrected chi connectivity index (χ0v) is 3.69. The van der Waals surface area contributed by atoms with Crippen LogP contribution in [0.5, 0.6) is 0 Å². The van der Waals surface area contributed by atoms with Crippen LogP contribution in [0.2, 0.25) is 0 Å². The largest absolute Gasteiger partial charge is 2.00 e. The molecule has 39 valence electrons. The zero-order chi connectivity index (χ0) is 3.58. The summed E-state index contributed by atoms with van der Waals surface area (Å²) >= 11 is 0. The fourth-order valence-electron chi connectivity index (χ4n) is 0. The van der Waals surface area contributed by atoms with Crippen LogP contribution < -0.4 is 10.2 Å². The molecule has 0 heterocycles. The summed E-state index contributed by atoms with van der Waals surface area (Å²) in [5.74, 6) is 0. The quantitative estimate of drug-likeness (QED) is 0.338. The molecular formula is CMnO4-4. The van der Waals surface area contributed by atoms with Crippen molar-refractivity contribution in [3.05, 3.63) is 0 Å². The Balaban J connectivity index is -0.0000000450. The molecule has 6 heavy (non-hydrogen) atoms. The Labute approximate surface area is 44.6 Å². The average molecular weight is 131 g/mol. The Morgan fingerprint density at radius 3 is 1.33 bits per heavy atom. The van der Waals surface area contributed by atoms with Crippen molar-refractivity contribution in [3.63, 3.8) is 0 Å². The molecule has 0 unspecified atom stereocenters. The van der Waals surface area contributed by atoms with E-state index in [4.69, 9.17) is 15.0 Å². The summed E-state index contributed by atoms with van der Waals surface area (Å²) in [7, 11) is 0.